The standard InChI is InChI=1S/C17H13N3/c1-2-8-16-15(7-1)17(19-10-3-4-11-19)13-20(16)14-6-5-9-18-12-14/h1-13H. The lowest BCUT2D eigenvalue weighted by Crippen LogP contribution is -1.92. The van der Waals surface area contributed by atoms with Gasteiger partial charge in [-0.1, -0.05) is 18.2 Å². The Bertz CT molecular complexity index is 842. The van der Waals surface area contributed by atoms with Gasteiger partial charge in [-0.05, 0) is 30.3 Å². The SMILES string of the molecule is c1cncc(-n2cc(-n3cccc3)c3ccccc32)c1. The number of aromatic nitrogens is 3. The Balaban J connectivity index is 2.04. The summed E-state index contributed by atoms with van der Waals surface area (Å²) in [5.74, 6) is 0. The average Bonchev–Trinajstić information content (AvgIpc) is 3.15. The number of hydrogen-bond donors (Lipinski definition) is 0. The minimum atomic E-state index is 1.07. The van der Waals surface area contributed by atoms with E-state index < -0.39 is 0 Å². The zero-order chi connectivity index (χ0) is 13.4. The molecule has 0 saturated carbocycles. The lowest BCUT2D eigenvalue weighted by Gasteiger charge is -2.03. The molecule has 1 aromatic carbocycles. The quantitative estimate of drug-likeness (QED) is 0.536. The highest BCUT2D eigenvalue weighted by Crippen LogP contribution is 2.27. The molecule has 0 bridgehead atoms. The maximum atomic E-state index is 4.21. The van der Waals surface area contributed by atoms with Crippen LogP contribution < -0.4 is 0 Å². The highest BCUT2D eigenvalue weighted by molar-refractivity contribution is 5.90. The third kappa shape index (κ3) is 1.64. The molecule has 3 aromatic heterocycles. The molecule has 96 valence electrons. The molecule has 20 heavy (non-hydrogen) atoms. The Kier molecular flexibility index (Phi) is 2.42. The third-order valence-electron chi connectivity index (χ3n) is 3.50. The zero-order valence-corrected chi connectivity index (χ0v) is 10.8. The van der Waals surface area contributed by atoms with Crippen LogP contribution in [0.4, 0.5) is 0 Å². The smallest absolute Gasteiger partial charge is 0.0711 e. The van der Waals surface area contributed by atoms with E-state index in [1.807, 2.05) is 24.4 Å². The summed E-state index contributed by atoms with van der Waals surface area (Å²) < 4.78 is 4.31. The first-order chi connectivity index (χ1) is 9.93. The van der Waals surface area contributed by atoms with Gasteiger partial charge in [-0.15, -0.1) is 0 Å². The molecule has 0 N–H and O–H groups in total. The molecule has 4 aromatic rings. The van der Waals surface area contributed by atoms with Crippen LogP contribution in [-0.2, 0) is 0 Å². The fourth-order valence-electron chi connectivity index (χ4n) is 2.57. The fourth-order valence-corrected chi connectivity index (χ4v) is 2.57. The summed E-state index contributed by atoms with van der Waals surface area (Å²) in [6.45, 7) is 0. The van der Waals surface area contributed by atoms with Gasteiger partial charge in [0.05, 0.1) is 23.1 Å². The van der Waals surface area contributed by atoms with Crippen molar-refractivity contribution in [1.82, 2.24) is 14.1 Å². The van der Waals surface area contributed by atoms with Gasteiger partial charge in [-0.2, -0.15) is 0 Å². The second-order valence-corrected chi connectivity index (χ2v) is 4.70. The van der Waals surface area contributed by atoms with E-state index >= 15 is 0 Å². The molecule has 0 atom stereocenters. The van der Waals surface area contributed by atoms with Crippen LogP contribution in [-0.4, -0.2) is 14.1 Å². The van der Waals surface area contributed by atoms with Crippen LogP contribution >= 0.6 is 0 Å². The predicted octanol–water partition coefficient (Wildman–Crippen LogP) is 3.82. The van der Waals surface area contributed by atoms with Gasteiger partial charge < -0.3 is 9.13 Å². The zero-order valence-electron chi connectivity index (χ0n) is 10.8. The van der Waals surface area contributed by atoms with Gasteiger partial charge in [-0.3, -0.25) is 4.98 Å². The molecule has 3 heteroatoms. The van der Waals surface area contributed by atoms with Crippen LogP contribution in [0, 0.1) is 0 Å². The molecular formula is C17H13N3. The molecule has 0 fully saturated rings. The predicted molar refractivity (Wildman–Crippen MR) is 80.4 cm³/mol. The van der Waals surface area contributed by atoms with E-state index in [1.165, 1.54) is 16.6 Å². The first-order valence-electron chi connectivity index (χ1n) is 6.57. The molecule has 4 rings (SSSR count). The molecule has 0 unspecified atom stereocenters. The molecule has 0 aliphatic heterocycles. The largest absolute Gasteiger partial charge is 0.322 e. The van der Waals surface area contributed by atoms with E-state index in [0.717, 1.165) is 5.69 Å². The van der Waals surface area contributed by atoms with Gasteiger partial charge >= 0.3 is 0 Å². The van der Waals surface area contributed by atoms with Crippen molar-refractivity contribution < 1.29 is 0 Å². The Labute approximate surface area is 116 Å². The number of benzene rings is 1. The van der Waals surface area contributed by atoms with Crippen LogP contribution in [0.25, 0.3) is 22.3 Å². The molecule has 0 radical (unpaired) electrons. The van der Waals surface area contributed by atoms with Crippen molar-refractivity contribution in [3.8, 4) is 11.4 Å². The first kappa shape index (κ1) is 11.1. The van der Waals surface area contributed by atoms with E-state index in [1.54, 1.807) is 6.20 Å². The molecule has 3 heterocycles. The van der Waals surface area contributed by atoms with Crippen molar-refractivity contribution in [1.29, 1.82) is 0 Å². The van der Waals surface area contributed by atoms with Crippen molar-refractivity contribution in [2.24, 2.45) is 0 Å². The van der Waals surface area contributed by atoms with Crippen molar-refractivity contribution in [3.05, 3.63) is 79.5 Å². The molecule has 3 nitrogen and oxygen atoms in total. The number of para-hydroxylation sites is 1. The topological polar surface area (TPSA) is 22.8 Å². The van der Waals surface area contributed by atoms with Crippen LogP contribution in [0.5, 0.6) is 0 Å². The average molecular weight is 259 g/mol. The summed E-state index contributed by atoms with van der Waals surface area (Å²) in [5.41, 5.74) is 3.43. The normalized spacial score (nSPS) is 11.0. The Hall–Kier alpha value is -2.81. The highest BCUT2D eigenvalue weighted by Gasteiger charge is 2.10. The van der Waals surface area contributed by atoms with E-state index in [4.69, 9.17) is 0 Å². The molecule has 0 aliphatic rings. The van der Waals surface area contributed by atoms with Gasteiger partial charge in [0.15, 0.2) is 0 Å². The minimum Gasteiger partial charge on any atom is -0.322 e. The third-order valence-corrected chi connectivity index (χ3v) is 3.50. The van der Waals surface area contributed by atoms with Gasteiger partial charge in [-0.25, -0.2) is 0 Å². The Morgan fingerprint density at radius 2 is 1.70 bits per heavy atom. The van der Waals surface area contributed by atoms with Crippen molar-refractivity contribution in [2.75, 3.05) is 0 Å². The first-order valence-corrected chi connectivity index (χ1v) is 6.57. The van der Waals surface area contributed by atoms with Crippen LogP contribution in [0.3, 0.4) is 0 Å². The molecule has 0 saturated heterocycles. The van der Waals surface area contributed by atoms with Gasteiger partial charge in [0, 0.05) is 30.2 Å². The maximum Gasteiger partial charge on any atom is 0.0711 e. The number of fused-ring (bicyclic) bond motifs is 1. The van der Waals surface area contributed by atoms with Crippen molar-refractivity contribution in [2.45, 2.75) is 0 Å². The van der Waals surface area contributed by atoms with E-state index in [0.29, 0.717) is 0 Å². The molecular weight excluding hydrogens is 246 g/mol. The monoisotopic (exact) mass is 259 g/mol. The lowest BCUT2D eigenvalue weighted by atomic mass is 10.2. The second kappa shape index (κ2) is 4.38. The summed E-state index contributed by atoms with van der Waals surface area (Å²) >= 11 is 0. The Morgan fingerprint density at radius 3 is 2.50 bits per heavy atom. The molecule has 0 spiro atoms. The summed E-state index contributed by atoms with van der Waals surface area (Å²) in [6, 6.07) is 16.5. The number of rotatable bonds is 2. The molecule has 0 aliphatic carbocycles. The summed E-state index contributed by atoms with van der Waals surface area (Å²) in [4.78, 5) is 4.21. The Morgan fingerprint density at radius 1 is 0.850 bits per heavy atom. The van der Waals surface area contributed by atoms with Crippen molar-refractivity contribution >= 4 is 10.9 Å². The summed E-state index contributed by atoms with van der Waals surface area (Å²) in [5, 5.41) is 1.23. The van der Waals surface area contributed by atoms with Crippen molar-refractivity contribution in [3.63, 3.8) is 0 Å². The van der Waals surface area contributed by atoms with E-state index in [2.05, 4.69) is 63.0 Å². The number of hydrogen-bond acceptors (Lipinski definition) is 1. The second-order valence-electron chi connectivity index (χ2n) is 4.70. The minimum absolute atomic E-state index is 1.07. The van der Waals surface area contributed by atoms with E-state index in [9.17, 15) is 0 Å². The highest BCUT2D eigenvalue weighted by atomic mass is 15.0. The van der Waals surface area contributed by atoms with Gasteiger partial charge in [0.25, 0.3) is 0 Å². The lowest BCUT2D eigenvalue weighted by molar-refractivity contribution is 1.05. The summed E-state index contributed by atoms with van der Waals surface area (Å²) in [7, 11) is 0. The molecule has 0 amide bonds. The summed E-state index contributed by atoms with van der Waals surface area (Å²) in [6.07, 6.45) is 9.96. The van der Waals surface area contributed by atoms with Crippen LogP contribution in [0.15, 0.2) is 79.5 Å². The van der Waals surface area contributed by atoms with Gasteiger partial charge in [0.1, 0.15) is 0 Å². The number of pyridine rings is 1. The number of nitrogens with zero attached hydrogens (tertiary/aromatic N) is 3. The van der Waals surface area contributed by atoms with E-state index in [-0.39, 0.29) is 0 Å². The van der Waals surface area contributed by atoms with Crippen LogP contribution in [0.2, 0.25) is 0 Å². The van der Waals surface area contributed by atoms with Crippen LogP contribution in [0.1, 0.15) is 0 Å². The maximum absolute atomic E-state index is 4.21. The van der Waals surface area contributed by atoms with Gasteiger partial charge in [0.2, 0.25) is 0 Å². The fraction of sp³-hybridized carbons (Fsp3) is 0.